The second kappa shape index (κ2) is 10.2. The number of anilines is 2. The Kier molecular flexibility index (Phi) is 7.42. The molecule has 0 spiro atoms. The number of benzene rings is 1. The molecule has 3 rings (SSSR count). The van der Waals surface area contributed by atoms with Crippen LogP contribution in [0.5, 0.6) is 0 Å². The van der Waals surface area contributed by atoms with E-state index in [9.17, 15) is 9.59 Å². The quantitative estimate of drug-likeness (QED) is 0.589. The molecule has 1 aliphatic rings. The van der Waals surface area contributed by atoms with Gasteiger partial charge in [0.1, 0.15) is 6.04 Å². The van der Waals surface area contributed by atoms with E-state index in [0.29, 0.717) is 23.7 Å². The molecule has 1 atom stereocenters. The molecule has 0 saturated heterocycles. The number of amides is 3. The third-order valence-corrected chi connectivity index (χ3v) is 5.48. The molecule has 148 valence electrons. The van der Waals surface area contributed by atoms with Gasteiger partial charge in [0.05, 0.1) is 11.9 Å². The maximum Gasteiger partial charge on any atom is 0.319 e. The number of carbonyl (C=O) groups is 2. The average molecular weight is 445 g/mol. The van der Waals surface area contributed by atoms with Gasteiger partial charge in [-0.1, -0.05) is 48.0 Å². The minimum Gasteiger partial charge on any atom is -0.326 e. The lowest BCUT2D eigenvalue weighted by molar-refractivity contribution is -0.118. The van der Waals surface area contributed by atoms with Gasteiger partial charge in [-0.15, -0.1) is 0 Å². The highest BCUT2D eigenvalue weighted by Gasteiger charge is 2.26. The van der Waals surface area contributed by atoms with Gasteiger partial charge in [0, 0.05) is 16.4 Å². The molecule has 0 aliphatic heterocycles. The van der Waals surface area contributed by atoms with E-state index in [1.54, 1.807) is 36.7 Å². The summed E-state index contributed by atoms with van der Waals surface area (Å²) in [4.78, 5) is 29.3. The van der Waals surface area contributed by atoms with Crippen LogP contribution >= 0.6 is 15.9 Å². The Labute approximate surface area is 173 Å². The van der Waals surface area contributed by atoms with E-state index in [2.05, 4.69) is 36.9 Å². The molecule has 1 fully saturated rings. The van der Waals surface area contributed by atoms with Crippen LogP contribution in [0.25, 0.3) is 0 Å². The number of nitrogens with one attached hydrogen (secondary N) is 3. The third kappa shape index (κ3) is 6.34. The molecular weight excluding hydrogens is 420 g/mol. The minimum atomic E-state index is -0.598. The van der Waals surface area contributed by atoms with Gasteiger partial charge in [-0.2, -0.15) is 0 Å². The van der Waals surface area contributed by atoms with Gasteiger partial charge in [-0.3, -0.25) is 9.78 Å². The number of aromatic nitrogens is 1. The van der Waals surface area contributed by atoms with Crippen molar-refractivity contribution in [1.82, 2.24) is 10.3 Å². The van der Waals surface area contributed by atoms with Gasteiger partial charge >= 0.3 is 6.03 Å². The van der Waals surface area contributed by atoms with Crippen molar-refractivity contribution in [2.75, 3.05) is 10.6 Å². The molecule has 0 bridgehead atoms. The zero-order chi connectivity index (χ0) is 19.8. The molecule has 7 heteroatoms. The maximum absolute atomic E-state index is 12.8. The van der Waals surface area contributed by atoms with Gasteiger partial charge in [-0.25, -0.2) is 4.79 Å². The van der Waals surface area contributed by atoms with Crippen molar-refractivity contribution in [1.29, 1.82) is 0 Å². The number of pyridine rings is 1. The summed E-state index contributed by atoms with van der Waals surface area (Å²) in [6.07, 6.45) is 9.72. The molecule has 1 heterocycles. The minimum absolute atomic E-state index is 0.218. The summed E-state index contributed by atoms with van der Waals surface area (Å²) in [7, 11) is 0. The first kappa shape index (κ1) is 20.3. The van der Waals surface area contributed by atoms with Crippen LogP contribution in [-0.4, -0.2) is 23.0 Å². The van der Waals surface area contributed by atoms with Crippen LogP contribution in [0, 0.1) is 5.92 Å². The Morgan fingerprint density at radius 1 is 1.04 bits per heavy atom. The van der Waals surface area contributed by atoms with Gasteiger partial charge in [0.25, 0.3) is 0 Å². The van der Waals surface area contributed by atoms with Crippen molar-refractivity contribution in [3.8, 4) is 0 Å². The van der Waals surface area contributed by atoms with Crippen LogP contribution in [0.3, 0.4) is 0 Å². The lowest BCUT2D eigenvalue weighted by Gasteiger charge is -2.26. The number of rotatable bonds is 6. The van der Waals surface area contributed by atoms with Crippen molar-refractivity contribution >= 4 is 39.2 Å². The van der Waals surface area contributed by atoms with E-state index in [1.165, 1.54) is 19.3 Å². The molecule has 1 unspecified atom stereocenters. The standard InChI is InChI=1S/C21H25BrN4O2/c22-16-8-10-17(11-9-16)25-21(28)26-19(13-15-5-2-1-3-6-15)20(27)24-18-7-4-12-23-14-18/h4,7-12,14-15,19H,1-3,5-6,13H2,(H,24,27)(H2,25,26,28). The molecule has 6 nitrogen and oxygen atoms in total. The van der Waals surface area contributed by atoms with E-state index < -0.39 is 6.04 Å². The average Bonchev–Trinajstić information content (AvgIpc) is 2.71. The molecule has 3 amide bonds. The largest absolute Gasteiger partial charge is 0.326 e. The second-order valence-corrected chi connectivity index (χ2v) is 8.04. The van der Waals surface area contributed by atoms with Crippen LogP contribution in [-0.2, 0) is 4.79 Å². The summed E-state index contributed by atoms with van der Waals surface area (Å²) in [6, 6.07) is 9.87. The number of hydrogen-bond acceptors (Lipinski definition) is 3. The summed E-state index contributed by atoms with van der Waals surface area (Å²) in [5, 5.41) is 8.50. The van der Waals surface area contributed by atoms with Gasteiger partial charge < -0.3 is 16.0 Å². The van der Waals surface area contributed by atoms with Crippen molar-refractivity contribution in [2.24, 2.45) is 5.92 Å². The van der Waals surface area contributed by atoms with Crippen LogP contribution in [0.15, 0.2) is 53.3 Å². The van der Waals surface area contributed by atoms with Crippen molar-refractivity contribution in [2.45, 2.75) is 44.6 Å². The zero-order valence-corrected chi connectivity index (χ0v) is 17.2. The van der Waals surface area contributed by atoms with Crippen molar-refractivity contribution in [3.63, 3.8) is 0 Å². The number of hydrogen-bond donors (Lipinski definition) is 3. The summed E-state index contributed by atoms with van der Waals surface area (Å²) >= 11 is 3.37. The van der Waals surface area contributed by atoms with Crippen LogP contribution in [0.4, 0.5) is 16.2 Å². The highest BCUT2D eigenvalue weighted by Crippen LogP contribution is 2.27. The number of nitrogens with zero attached hydrogens (tertiary/aromatic N) is 1. The SMILES string of the molecule is O=C(Nc1ccc(Br)cc1)NC(CC1CCCCC1)C(=O)Nc1cccnc1. The molecule has 1 aliphatic carbocycles. The summed E-state index contributed by atoms with van der Waals surface area (Å²) in [6.45, 7) is 0. The highest BCUT2D eigenvalue weighted by molar-refractivity contribution is 9.10. The van der Waals surface area contributed by atoms with Crippen LogP contribution < -0.4 is 16.0 Å². The number of urea groups is 1. The van der Waals surface area contributed by atoms with Crippen LogP contribution in [0.1, 0.15) is 38.5 Å². The molecule has 0 radical (unpaired) electrons. The second-order valence-electron chi connectivity index (χ2n) is 7.13. The Morgan fingerprint density at radius 3 is 2.46 bits per heavy atom. The first-order valence-electron chi connectivity index (χ1n) is 9.64. The maximum atomic E-state index is 12.8. The number of carbonyl (C=O) groups excluding carboxylic acids is 2. The normalized spacial score (nSPS) is 15.5. The highest BCUT2D eigenvalue weighted by atomic mass is 79.9. The first-order valence-corrected chi connectivity index (χ1v) is 10.4. The Hall–Kier alpha value is -2.41. The molecule has 3 N–H and O–H groups in total. The van der Waals surface area contributed by atoms with Crippen molar-refractivity contribution < 1.29 is 9.59 Å². The van der Waals surface area contributed by atoms with E-state index in [0.717, 1.165) is 17.3 Å². The topological polar surface area (TPSA) is 83.1 Å². The molecule has 28 heavy (non-hydrogen) atoms. The van der Waals surface area contributed by atoms with Gasteiger partial charge in [0.2, 0.25) is 5.91 Å². The van der Waals surface area contributed by atoms with E-state index >= 15 is 0 Å². The Morgan fingerprint density at radius 2 is 1.79 bits per heavy atom. The Balaban J connectivity index is 1.64. The fourth-order valence-corrected chi connectivity index (χ4v) is 3.78. The van der Waals surface area contributed by atoms with E-state index in [-0.39, 0.29) is 11.9 Å². The molecular formula is C21H25BrN4O2. The predicted molar refractivity (Wildman–Crippen MR) is 114 cm³/mol. The predicted octanol–water partition coefficient (Wildman–Crippen LogP) is 4.94. The molecule has 1 saturated carbocycles. The van der Waals surface area contributed by atoms with Crippen LogP contribution in [0.2, 0.25) is 0 Å². The van der Waals surface area contributed by atoms with Crippen molar-refractivity contribution in [3.05, 3.63) is 53.3 Å². The summed E-state index contributed by atoms with van der Waals surface area (Å²) in [5.74, 6) is 0.232. The first-order chi connectivity index (χ1) is 13.6. The zero-order valence-electron chi connectivity index (χ0n) is 15.7. The van der Waals surface area contributed by atoms with E-state index in [1.807, 2.05) is 12.1 Å². The monoisotopic (exact) mass is 444 g/mol. The lowest BCUT2D eigenvalue weighted by Crippen LogP contribution is -2.46. The van der Waals surface area contributed by atoms with Gasteiger partial charge in [0.15, 0.2) is 0 Å². The fourth-order valence-electron chi connectivity index (χ4n) is 3.51. The molecule has 2 aromatic rings. The van der Waals surface area contributed by atoms with Gasteiger partial charge in [-0.05, 0) is 48.7 Å². The summed E-state index contributed by atoms with van der Waals surface area (Å²) in [5.41, 5.74) is 1.29. The smallest absolute Gasteiger partial charge is 0.319 e. The lowest BCUT2D eigenvalue weighted by atomic mass is 9.84. The third-order valence-electron chi connectivity index (χ3n) is 4.95. The number of halogens is 1. The fraction of sp³-hybridized carbons (Fsp3) is 0.381. The Bertz CT molecular complexity index is 777. The molecule has 1 aromatic heterocycles. The van der Waals surface area contributed by atoms with E-state index in [4.69, 9.17) is 0 Å². The summed E-state index contributed by atoms with van der Waals surface area (Å²) < 4.78 is 0.935. The molecule has 1 aromatic carbocycles.